The Balaban J connectivity index is 0.806. The molecule has 0 fully saturated rings. The van der Waals surface area contributed by atoms with Gasteiger partial charge in [0.1, 0.15) is 28.7 Å². The number of aromatic hydroxyl groups is 2. The summed E-state index contributed by atoms with van der Waals surface area (Å²) < 4.78 is 16.1. The molecule has 312 valence electrons. The zero-order valence-corrected chi connectivity index (χ0v) is 32.9. The average molecular weight is 833 g/mol. The second kappa shape index (κ2) is 20.5. The van der Waals surface area contributed by atoms with Gasteiger partial charge in [-0.2, -0.15) is 4.89 Å². The summed E-state index contributed by atoms with van der Waals surface area (Å²) in [6.07, 6.45) is -0.826. The summed E-state index contributed by atoms with van der Waals surface area (Å²) in [6.45, 7) is 0.106. The molecule has 0 bridgehead atoms. The average Bonchev–Trinajstić information content (AvgIpc) is 3.25. The predicted molar refractivity (Wildman–Crippen MR) is 233 cm³/mol. The molecule has 0 aliphatic carbocycles. The summed E-state index contributed by atoms with van der Waals surface area (Å²) in [5, 5.41) is 30.2. The Bertz CT molecular complexity index is 2600. The van der Waals surface area contributed by atoms with Crippen molar-refractivity contribution in [2.45, 2.75) is 12.8 Å². The van der Waals surface area contributed by atoms with E-state index in [1.807, 2.05) is 60.7 Å². The van der Waals surface area contributed by atoms with E-state index in [1.165, 1.54) is 24.3 Å². The molecule has 3 amide bonds. The first-order valence-corrected chi connectivity index (χ1v) is 19.2. The van der Waals surface area contributed by atoms with Crippen LogP contribution in [0.15, 0.2) is 170 Å². The van der Waals surface area contributed by atoms with Crippen molar-refractivity contribution < 1.29 is 48.6 Å². The minimum Gasteiger partial charge on any atom is -0.508 e. The summed E-state index contributed by atoms with van der Waals surface area (Å²) >= 11 is 0. The molecule has 0 heterocycles. The normalized spacial score (nSPS) is 10.5. The Morgan fingerprint density at radius 3 is 1.15 bits per heavy atom. The SMILES string of the molecule is O=C(Nc1ccc(Cc2ccc(NC(=O)Oc3cccc(OC(=O)Nc4ccc(Cc5ccc(NCOOc6cccc(O)c6)cc5)cc4)c3)cc2)cc1)Oc1cccc(O)c1. The third-order valence-electron chi connectivity index (χ3n) is 8.93. The van der Waals surface area contributed by atoms with Crippen molar-refractivity contribution in [2.75, 3.05) is 28.0 Å². The molecule has 62 heavy (non-hydrogen) atoms. The van der Waals surface area contributed by atoms with Gasteiger partial charge in [-0.3, -0.25) is 16.0 Å². The molecule has 14 heteroatoms. The fraction of sp³-hybridized carbons (Fsp3) is 0.0625. The molecule has 7 rings (SSSR count). The second-order valence-corrected chi connectivity index (χ2v) is 13.7. The van der Waals surface area contributed by atoms with E-state index in [2.05, 4.69) is 21.3 Å². The van der Waals surface area contributed by atoms with Crippen LogP contribution in [0.3, 0.4) is 0 Å². The number of ether oxygens (including phenoxy) is 3. The smallest absolute Gasteiger partial charge is 0.417 e. The van der Waals surface area contributed by atoms with Gasteiger partial charge in [0, 0.05) is 40.9 Å². The Morgan fingerprint density at radius 1 is 0.403 bits per heavy atom. The van der Waals surface area contributed by atoms with Crippen LogP contribution in [0, 0.1) is 0 Å². The molecule has 0 spiro atoms. The molecule has 14 nitrogen and oxygen atoms in total. The highest BCUT2D eigenvalue weighted by molar-refractivity contribution is 5.88. The van der Waals surface area contributed by atoms with E-state index in [4.69, 9.17) is 24.0 Å². The van der Waals surface area contributed by atoms with Crippen molar-refractivity contribution in [3.05, 3.63) is 192 Å². The quantitative estimate of drug-likeness (QED) is 0.0250. The maximum Gasteiger partial charge on any atom is 0.417 e. The molecule has 0 radical (unpaired) electrons. The molecule has 0 aliphatic heterocycles. The first-order valence-electron chi connectivity index (χ1n) is 19.2. The van der Waals surface area contributed by atoms with Gasteiger partial charge in [-0.05, 0) is 120 Å². The number of hydrogen-bond acceptors (Lipinski definition) is 11. The summed E-state index contributed by atoms with van der Waals surface area (Å²) in [5.41, 5.74) is 6.57. The molecule has 0 saturated carbocycles. The Kier molecular flexibility index (Phi) is 13.8. The lowest BCUT2D eigenvalue weighted by atomic mass is 10.0. The minimum absolute atomic E-state index is 0.00449. The van der Waals surface area contributed by atoms with Crippen LogP contribution in [0.1, 0.15) is 22.3 Å². The molecule has 6 N–H and O–H groups in total. The number of rotatable bonds is 15. The number of phenolic OH excluding ortho intramolecular Hbond substituents is 2. The summed E-state index contributed by atoms with van der Waals surface area (Å²) in [4.78, 5) is 47.9. The van der Waals surface area contributed by atoms with Crippen LogP contribution in [0.4, 0.5) is 37.1 Å². The number of carbonyl (C=O) groups is 3. The maximum absolute atomic E-state index is 12.7. The molecule has 0 atom stereocenters. The summed E-state index contributed by atoms with van der Waals surface area (Å²) in [5.74, 6) is 1.06. The number of benzene rings is 7. The minimum atomic E-state index is -0.722. The first kappa shape index (κ1) is 41.7. The van der Waals surface area contributed by atoms with E-state index in [0.29, 0.717) is 35.7 Å². The van der Waals surface area contributed by atoms with Crippen LogP contribution in [0.25, 0.3) is 0 Å². The van der Waals surface area contributed by atoms with E-state index >= 15 is 0 Å². The molecule has 0 saturated heterocycles. The van der Waals surface area contributed by atoms with Crippen LogP contribution in [0.2, 0.25) is 0 Å². The van der Waals surface area contributed by atoms with Gasteiger partial charge in [0.25, 0.3) is 0 Å². The summed E-state index contributed by atoms with van der Waals surface area (Å²) in [7, 11) is 0. The zero-order valence-electron chi connectivity index (χ0n) is 32.9. The topological polar surface area (TPSA) is 186 Å². The van der Waals surface area contributed by atoms with Gasteiger partial charge in [-0.1, -0.05) is 66.7 Å². The molecule has 0 unspecified atom stereocenters. The number of phenols is 2. The number of anilines is 4. The van der Waals surface area contributed by atoms with Crippen molar-refractivity contribution in [2.24, 2.45) is 0 Å². The maximum atomic E-state index is 12.7. The predicted octanol–water partition coefficient (Wildman–Crippen LogP) is 10.5. The van der Waals surface area contributed by atoms with E-state index in [-0.39, 0.29) is 35.5 Å². The monoisotopic (exact) mass is 832 g/mol. The zero-order chi connectivity index (χ0) is 43.1. The standard InChI is InChI=1S/C48H40N4O10/c53-40-4-1-6-42(28-40)59-46(55)50-37-20-14-34(15-21-37)27-35-16-24-39(25-17-35)52-48(57)61-44-8-3-7-43(30-44)60-47(56)51-38-22-12-33(13-23-38)26-32-10-18-36(19-11-32)49-31-58-62-45-9-2-5-41(54)29-45/h1-25,28-30,49,53-54H,26-27,31H2,(H,50,55)(H,51,56)(H,52,57). The third kappa shape index (κ3) is 13.0. The van der Waals surface area contributed by atoms with Gasteiger partial charge in [0.2, 0.25) is 0 Å². The van der Waals surface area contributed by atoms with Crippen molar-refractivity contribution >= 4 is 41.0 Å². The highest BCUT2D eigenvalue weighted by Gasteiger charge is 2.11. The van der Waals surface area contributed by atoms with Gasteiger partial charge < -0.3 is 34.6 Å². The highest BCUT2D eigenvalue weighted by atomic mass is 17.2. The van der Waals surface area contributed by atoms with Gasteiger partial charge in [-0.15, -0.1) is 0 Å². The fourth-order valence-electron chi connectivity index (χ4n) is 5.97. The summed E-state index contributed by atoms with van der Waals surface area (Å²) in [6, 6.07) is 48.3. The van der Waals surface area contributed by atoms with Crippen LogP contribution in [0.5, 0.6) is 34.5 Å². The van der Waals surface area contributed by atoms with E-state index in [1.54, 1.807) is 84.9 Å². The number of carbonyl (C=O) groups excluding carboxylic acids is 3. The van der Waals surface area contributed by atoms with Crippen LogP contribution < -0.4 is 40.4 Å². The van der Waals surface area contributed by atoms with Gasteiger partial charge in [0.15, 0.2) is 12.5 Å². The number of hydrogen-bond donors (Lipinski definition) is 6. The van der Waals surface area contributed by atoms with Gasteiger partial charge >= 0.3 is 18.3 Å². The molecule has 0 aliphatic rings. The van der Waals surface area contributed by atoms with Crippen molar-refractivity contribution in [1.82, 2.24) is 0 Å². The molecule has 0 aromatic heterocycles. The third-order valence-corrected chi connectivity index (χ3v) is 8.93. The highest BCUT2D eigenvalue weighted by Crippen LogP contribution is 2.24. The first-order chi connectivity index (χ1) is 30.2. The van der Waals surface area contributed by atoms with Crippen LogP contribution in [-0.4, -0.2) is 35.2 Å². The molecule has 7 aromatic carbocycles. The number of amides is 3. The van der Waals surface area contributed by atoms with Gasteiger partial charge in [0.05, 0.1) is 0 Å². The number of nitrogens with one attached hydrogen (secondary N) is 4. The Hall–Kier alpha value is -8.49. The second-order valence-electron chi connectivity index (χ2n) is 13.7. The van der Waals surface area contributed by atoms with Crippen LogP contribution >= 0.6 is 0 Å². The van der Waals surface area contributed by atoms with Crippen molar-refractivity contribution in [1.29, 1.82) is 0 Å². The Labute approximate surface area is 356 Å². The molecule has 7 aromatic rings. The molecular formula is C48H40N4O10. The lowest BCUT2D eigenvalue weighted by Crippen LogP contribution is -2.18. The fourth-order valence-corrected chi connectivity index (χ4v) is 5.97. The van der Waals surface area contributed by atoms with E-state index in [0.717, 1.165) is 27.9 Å². The molecular weight excluding hydrogens is 793 g/mol. The largest absolute Gasteiger partial charge is 0.508 e. The lowest BCUT2D eigenvalue weighted by molar-refractivity contribution is -0.199. The Morgan fingerprint density at radius 2 is 0.742 bits per heavy atom. The lowest BCUT2D eigenvalue weighted by Gasteiger charge is -2.10. The van der Waals surface area contributed by atoms with Crippen molar-refractivity contribution in [3.8, 4) is 34.5 Å². The van der Waals surface area contributed by atoms with Crippen molar-refractivity contribution in [3.63, 3.8) is 0 Å². The van der Waals surface area contributed by atoms with E-state index < -0.39 is 18.3 Å². The van der Waals surface area contributed by atoms with E-state index in [9.17, 15) is 24.6 Å². The van der Waals surface area contributed by atoms with Crippen LogP contribution in [-0.2, 0) is 17.7 Å². The van der Waals surface area contributed by atoms with Gasteiger partial charge in [-0.25, -0.2) is 14.4 Å².